The lowest BCUT2D eigenvalue weighted by Gasteiger charge is -2.16. The van der Waals surface area contributed by atoms with Gasteiger partial charge in [-0.2, -0.15) is 0 Å². The number of hydrogen-bond donors (Lipinski definition) is 2. The van der Waals surface area contributed by atoms with Crippen molar-refractivity contribution in [2.24, 2.45) is 0 Å². The van der Waals surface area contributed by atoms with Crippen LogP contribution in [0.2, 0.25) is 5.02 Å². The summed E-state index contributed by atoms with van der Waals surface area (Å²) in [7, 11) is 2.16. The number of phenolic OH excluding ortho intramolecular Hbond substituents is 1. The molecule has 1 saturated carbocycles. The van der Waals surface area contributed by atoms with Crippen LogP contribution in [0.15, 0.2) is 18.2 Å². The molecule has 0 bridgehead atoms. The molecule has 1 aromatic rings. The van der Waals surface area contributed by atoms with Gasteiger partial charge >= 0.3 is 0 Å². The van der Waals surface area contributed by atoms with Crippen molar-refractivity contribution in [2.75, 3.05) is 20.1 Å². The Morgan fingerprint density at radius 2 is 2.24 bits per heavy atom. The van der Waals surface area contributed by atoms with Crippen LogP contribution in [0, 0.1) is 0 Å². The molecule has 0 spiro atoms. The summed E-state index contributed by atoms with van der Waals surface area (Å²) in [6.07, 6.45) is 2.67. The maximum Gasteiger partial charge on any atom is 0.121 e. The average molecular weight is 255 g/mol. The van der Waals surface area contributed by atoms with Crippen LogP contribution in [-0.4, -0.2) is 36.2 Å². The minimum absolute atomic E-state index is 0.264. The van der Waals surface area contributed by atoms with E-state index < -0.39 is 0 Å². The zero-order valence-electron chi connectivity index (χ0n) is 10.1. The van der Waals surface area contributed by atoms with Gasteiger partial charge in [0.2, 0.25) is 0 Å². The Morgan fingerprint density at radius 3 is 2.88 bits per heavy atom. The second-order valence-corrected chi connectivity index (χ2v) is 5.03. The average Bonchev–Trinajstić information content (AvgIpc) is 3.11. The summed E-state index contributed by atoms with van der Waals surface area (Å²) < 4.78 is 0. The monoisotopic (exact) mass is 254 g/mol. The van der Waals surface area contributed by atoms with Crippen LogP contribution in [0.5, 0.6) is 5.75 Å². The molecule has 0 aliphatic heterocycles. The summed E-state index contributed by atoms with van der Waals surface area (Å²) >= 11 is 6.02. The van der Waals surface area contributed by atoms with E-state index in [1.165, 1.54) is 12.8 Å². The fourth-order valence-electron chi connectivity index (χ4n) is 1.89. The van der Waals surface area contributed by atoms with E-state index in [0.29, 0.717) is 11.6 Å². The minimum atomic E-state index is 0.264. The predicted molar refractivity (Wildman–Crippen MR) is 70.5 cm³/mol. The van der Waals surface area contributed by atoms with Crippen molar-refractivity contribution in [3.05, 3.63) is 28.8 Å². The molecule has 2 rings (SSSR count). The predicted octanol–water partition coefficient (Wildman–Crippen LogP) is 2.23. The highest BCUT2D eigenvalue weighted by Crippen LogP contribution is 2.25. The Morgan fingerprint density at radius 1 is 1.47 bits per heavy atom. The van der Waals surface area contributed by atoms with Crippen molar-refractivity contribution in [3.8, 4) is 5.75 Å². The molecule has 3 nitrogen and oxygen atoms in total. The van der Waals surface area contributed by atoms with Gasteiger partial charge in [0.05, 0.1) is 0 Å². The smallest absolute Gasteiger partial charge is 0.121 e. The topological polar surface area (TPSA) is 35.5 Å². The second kappa shape index (κ2) is 5.71. The number of halogens is 1. The highest BCUT2D eigenvalue weighted by Gasteiger charge is 2.25. The molecule has 4 heteroatoms. The number of aromatic hydroxyl groups is 1. The van der Waals surface area contributed by atoms with E-state index in [9.17, 15) is 5.11 Å². The van der Waals surface area contributed by atoms with Gasteiger partial charge in [-0.15, -0.1) is 0 Å². The lowest BCUT2D eigenvalue weighted by Crippen LogP contribution is -2.30. The SMILES string of the molecule is CN(CCNCc1c(O)cccc1Cl)C1CC1. The van der Waals surface area contributed by atoms with E-state index in [1.807, 2.05) is 0 Å². The van der Waals surface area contributed by atoms with Crippen molar-refractivity contribution in [1.82, 2.24) is 10.2 Å². The number of likely N-dealkylation sites (N-methyl/N-ethyl adjacent to an activating group) is 1. The molecule has 2 N–H and O–H groups in total. The molecule has 1 fully saturated rings. The van der Waals surface area contributed by atoms with Crippen molar-refractivity contribution in [3.63, 3.8) is 0 Å². The van der Waals surface area contributed by atoms with Gasteiger partial charge in [-0.25, -0.2) is 0 Å². The van der Waals surface area contributed by atoms with Gasteiger partial charge in [0, 0.05) is 36.3 Å². The largest absolute Gasteiger partial charge is 0.508 e. The third-order valence-corrected chi connectivity index (χ3v) is 3.56. The van der Waals surface area contributed by atoms with Crippen LogP contribution in [0.3, 0.4) is 0 Å². The molecule has 0 saturated heterocycles. The number of rotatable bonds is 6. The normalized spacial score (nSPS) is 15.5. The lowest BCUT2D eigenvalue weighted by atomic mass is 10.2. The maximum atomic E-state index is 9.66. The number of hydrogen-bond acceptors (Lipinski definition) is 3. The number of nitrogens with zero attached hydrogens (tertiary/aromatic N) is 1. The quantitative estimate of drug-likeness (QED) is 0.765. The molecule has 0 radical (unpaired) electrons. The number of nitrogens with one attached hydrogen (secondary N) is 1. The Balaban J connectivity index is 1.74. The van der Waals surface area contributed by atoms with Gasteiger partial charge in [0.15, 0.2) is 0 Å². The summed E-state index contributed by atoms with van der Waals surface area (Å²) in [6, 6.07) is 6.01. The third-order valence-electron chi connectivity index (χ3n) is 3.21. The molecule has 0 atom stereocenters. The molecule has 1 aromatic carbocycles. The van der Waals surface area contributed by atoms with E-state index in [0.717, 1.165) is 24.7 Å². The molecular formula is C13H19ClN2O. The van der Waals surface area contributed by atoms with Gasteiger partial charge in [0.25, 0.3) is 0 Å². The first kappa shape index (κ1) is 12.7. The van der Waals surface area contributed by atoms with E-state index in [-0.39, 0.29) is 5.75 Å². The van der Waals surface area contributed by atoms with E-state index in [4.69, 9.17) is 11.6 Å². The zero-order chi connectivity index (χ0) is 12.3. The molecule has 0 heterocycles. The van der Waals surface area contributed by atoms with Crippen LogP contribution >= 0.6 is 11.6 Å². The molecule has 1 aliphatic rings. The second-order valence-electron chi connectivity index (χ2n) is 4.63. The Bertz CT molecular complexity index is 359. The Labute approximate surface area is 107 Å². The van der Waals surface area contributed by atoms with E-state index in [1.54, 1.807) is 18.2 Å². The zero-order valence-corrected chi connectivity index (χ0v) is 10.9. The van der Waals surface area contributed by atoms with Crippen molar-refractivity contribution in [1.29, 1.82) is 0 Å². The molecule has 94 valence electrons. The Kier molecular flexibility index (Phi) is 4.26. The van der Waals surface area contributed by atoms with E-state index in [2.05, 4.69) is 17.3 Å². The van der Waals surface area contributed by atoms with Gasteiger partial charge in [-0.1, -0.05) is 17.7 Å². The fraction of sp³-hybridized carbons (Fsp3) is 0.538. The van der Waals surface area contributed by atoms with Gasteiger partial charge in [-0.3, -0.25) is 0 Å². The standard InChI is InChI=1S/C13H19ClN2O/c1-16(10-5-6-10)8-7-15-9-11-12(14)3-2-4-13(11)17/h2-4,10,15,17H,5-9H2,1H3. The maximum absolute atomic E-state index is 9.66. The third kappa shape index (κ3) is 3.60. The van der Waals surface area contributed by atoms with Crippen LogP contribution in [0.4, 0.5) is 0 Å². The highest BCUT2D eigenvalue weighted by molar-refractivity contribution is 6.31. The summed E-state index contributed by atoms with van der Waals surface area (Å²) in [5.41, 5.74) is 0.781. The summed E-state index contributed by atoms with van der Waals surface area (Å²) in [6.45, 7) is 2.57. The van der Waals surface area contributed by atoms with Crippen LogP contribution in [0.25, 0.3) is 0 Å². The molecular weight excluding hydrogens is 236 g/mol. The molecule has 0 aromatic heterocycles. The van der Waals surface area contributed by atoms with Gasteiger partial charge in [0.1, 0.15) is 5.75 Å². The van der Waals surface area contributed by atoms with Crippen molar-refractivity contribution >= 4 is 11.6 Å². The van der Waals surface area contributed by atoms with Gasteiger partial charge < -0.3 is 15.3 Å². The van der Waals surface area contributed by atoms with Crippen LogP contribution in [0.1, 0.15) is 18.4 Å². The first-order valence-corrected chi connectivity index (χ1v) is 6.43. The lowest BCUT2D eigenvalue weighted by molar-refractivity contribution is 0.321. The first-order valence-electron chi connectivity index (χ1n) is 6.06. The minimum Gasteiger partial charge on any atom is -0.508 e. The van der Waals surface area contributed by atoms with Crippen LogP contribution < -0.4 is 5.32 Å². The van der Waals surface area contributed by atoms with E-state index >= 15 is 0 Å². The Hall–Kier alpha value is -0.770. The number of phenols is 1. The summed E-state index contributed by atoms with van der Waals surface area (Å²) in [5, 5.41) is 13.6. The molecule has 0 amide bonds. The fourth-order valence-corrected chi connectivity index (χ4v) is 2.13. The molecule has 17 heavy (non-hydrogen) atoms. The molecule has 0 unspecified atom stereocenters. The number of benzene rings is 1. The first-order chi connectivity index (χ1) is 8.18. The van der Waals surface area contributed by atoms with Crippen molar-refractivity contribution < 1.29 is 5.11 Å². The summed E-state index contributed by atoms with van der Waals surface area (Å²) in [5.74, 6) is 0.264. The highest BCUT2D eigenvalue weighted by atomic mass is 35.5. The summed E-state index contributed by atoms with van der Waals surface area (Å²) in [4.78, 5) is 2.37. The van der Waals surface area contributed by atoms with Crippen molar-refractivity contribution in [2.45, 2.75) is 25.4 Å². The van der Waals surface area contributed by atoms with Crippen LogP contribution in [-0.2, 0) is 6.54 Å². The molecule has 1 aliphatic carbocycles. The van der Waals surface area contributed by atoms with Gasteiger partial charge in [-0.05, 0) is 32.0 Å².